The largest absolute Gasteiger partial charge is 0.316 e. The lowest BCUT2D eigenvalue weighted by Crippen LogP contribution is -2.27. The van der Waals surface area contributed by atoms with E-state index < -0.39 is 0 Å². The maximum absolute atomic E-state index is 3.34. The molecule has 0 aliphatic heterocycles. The predicted octanol–water partition coefficient (Wildman–Crippen LogP) is 2.52. The number of hydrogen-bond donors (Lipinski definition) is 1. The van der Waals surface area contributed by atoms with Crippen molar-refractivity contribution in [2.24, 2.45) is 0 Å². The highest BCUT2D eigenvalue weighted by atomic mass is 32.2. The van der Waals surface area contributed by atoms with Gasteiger partial charge in [0.1, 0.15) is 0 Å². The third kappa shape index (κ3) is 6.70. The fraction of sp³-hybridized carbons (Fsp3) is 1.00. The van der Waals surface area contributed by atoms with E-state index in [1.165, 1.54) is 31.4 Å². The van der Waals surface area contributed by atoms with Gasteiger partial charge in [0.2, 0.25) is 0 Å². The Kier molecular flexibility index (Phi) is 8.64. The van der Waals surface area contributed by atoms with Gasteiger partial charge in [-0.3, -0.25) is 0 Å². The Morgan fingerprint density at radius 2 is 2.09 bits per heavy atom. The minimum Gasteiger partial charge on any atom is -0.316 e. The van der Waals surface area contributed by atoms with Crippen molar-refractivity contribution in [1.29, 1.82) is 0 Å². The number of thioether (sulfide) groups is 1. The summed E-state index contributed by atoms with van der Waals surface area (Å²) in [6.45, 7) is 2.25. The smallest absolute Gasteiger partial charge is 0.0155 e. The lowest BCUT2D eigenvalue weighted by molar-refractivity contribution is 0.532. The summed E-state index contributed by atoms with van der Waals surface area (Å²) >= 11 is 1.93. The van der Waals surface area contributed by atoms with Gasteiger partial charge < -0.3 is 5.32 Å². The van der Waals surface area contributed by atoms with E-state index in [4.69, 9.17) is 0 Å². The van der Waals surface area contributed by atoms with E-state index in [1.807, 2.05) is 11.8 Å². The Bertz CT molecular complexity index is 76.0. The van der Waals surface area contributed by atoms with Gasteiger partial charge in [-0.05, 0) is 19.7 Å². The first-order valence-corrected chi connectivity index (χ1v) is 5.90. The molecule has 0 bridgehead atoms. The van der Waals surface area contributed by atoms with Crippen molar-refractivity contribution in [2.45, 2.75) is 38.6 Å². The first-order valence-electron chi connectivity index (χ1n) is 4.51. The minimum atomic E-state index is 0.733. The van der Waals surface area contributed by atoms with Gasteiger partial charge >= 0.3 is 0 Å². The van der Waals surface area contributed by atoms with Crippen molar-refractivity contribution >= 4 is 11.8 Å². The number of hydrogen-bond acceptors (Lipinski definition) is 2. The SMILES string of the molecule is CCCCCC(CSC)NC. The lowest BCUT2D eigenvalue weighted by atomic mass is 10.1. The predicted molar refractivity (Wildman–Crippen MR) is 55.4 cm³/mol. The number of nitrogens with one attached hydrogen (secondary N) is 1. The number of unbranched alkanes of at least 4 members (excludes halogenated alkanes) is 2. The molecule has 1 N–H and O–H groups in total. The van der Waals surface area contributed by atoms with Gasteiger partial charge in [0, 0.05) is 11.8 Å². The van der Waals surface area contributed by atoms with Gasteiger partial charge in [0.05, 0.1) is 0 Å². The lowest BCUT2D eigenvalue weighted by Gasteiger charge is -2.13. The topological polar surface area (TPSA) is 12.0 Å². The van der Waals surface area contributed by atoms with Crippen molar-refractivity contribution in [1.82, 2.24) is 5.32 Å². The normalized spacial score (nSPS) is 13.4. The van der Waals surface area contributed by atoms with Crippen molar-refractivity contribution < 1.29 is 0 Å². The molecule has 2 heteroatoms. The van der Waals surface area contributed by atoms with Crippen molar-refractivity contribution in [3.8, 4) is 0 Å². The van der Waals surface area contributed by atoms with Crippen molar-refractivity contribution in [3.63, 3.8) is 0 Å². The van der Waals surface area contributed by atoms with Crippen LogP contribution >= 0.6 is 11.8 Å². The summed E-state index contributed by atoms with van der Waals surface area (Å²) in [5.74, 6) is 1.25. The molecular formula is C9H21NS. The van der Waals surface area contributed by atoms with Gasteiger partial charge in [-0.2, -0.15) is 11.8 Å². The zero-order valence-corrected chi connectivity index (χ0v) is 8.84. The molecule has 0 saturated carbocycles. The van der Waals surface area contributed by atoms with E-state index in [-0.39, 0.29) is 0 Å². The first kappa shape index (κ1) is 11.3. The molecule has 0 heterocycles. The molecule has 0 aromatic carbocycles. The van der Waals surface area contributed by atoms with E-state index in [1.54, 1.807) is 0 Å². The highest BCUT2D eigenvalue weighted by molar-refractivity contribution is 7.98. The van der Waals surface area contributed by atoms with Crippen LogP contribution in [0.1, 0.15) is 32.6 Å². The molecule has 0 aliphatic rings. The van der Waals surface area contributed by atoms with Crippen molar-refractivity contribution in [3.05, 3.63) is 0 Å². The Labute approximate surface area is 75.3 Å². The Morgan fingerprint density at radius 3 is 2.55 bits per heavy atom. The Balaban J connectivity index is 3.20. The molecular weight excluding hydrogens is 154 g/mol. The Morgan fingerprint density at radius 1 is 1.36 bits per heavy atom. The average molecular weight is 175 g/mol. The van der Waals surface area contributed by atoms with Gasteiger partial charge in [-0.25, -0.2) is 0 Å². The molecule has 0 rings (SSSR count). The molecule has 0 aromatic heterocycles. The van der Waals surface area contributed by atoms with E-state index >= 15 is 0 Å². The summed E-state index contributed by atoms with van der Waals surface area (Å²) in [6, 6.07) is 0.733. The quantitative estimate of drug-likeness (QED) is 0.597. The average Bonchev–Trinajstić information content (AvgIpc) is 2.03. The van der Waals surface area contributed by atoms with Crippen LogP contribution in [0.15, 0.2) is 0 Å². The summed E-state index contributed by atoms with van der Waals surface area (Å²) in [5.41, 5.74) is 0. The molecule has 0 fully saturated rings. The first-order chi connectivity index (χ1) is 5.35. The standard InChI is InChI=1S/C9H21NS/c1-4-5-6-7-9(10-2)8-11-3/h9-10H,4-8H2,1-3H3. The van der Waals surface area contributed by atoms with Crippen LogP contribution in [-0.2, 0) is 0 Å². The highest BCUT2D eigenvalue weighted by Crippen LogP contribution is 2.06. The fourth-order valence-electron chi connectivity index (χ4n) is 1.15. The fourth-order valence-corrected chi connectivity index (χ4v) is 1.89. The highest BCUT2D eigenvalue weighted by Gasteiger charge is 2.02. The summed E-state index contributed by atoms with van der Waals surface area (Å²) in [5, 5.41) is 3.34. The molecule has 11 heavy (non-hydrogen) atoms. The monoisotopic (exact) mass is 175 g/mol. The van der Waals surface area contributed by atoms with Gasteiger partial charge in [-0.1, -0.05) is 26.2 Å². The zero-order valence-electron chi connectivity index (χ0n) is 8.02. The van der Waals surface area contributed by atoms with Crippen molar-refractivity contribution in [2.75, 3.05) is 19.1 Å². The summed E-state index contributed by atoms with van der Waals surface area (Å²) < 4.78 is 0. The molecule has 0 saturated heterocycles. The van der Waals surface area contributed by atoms with Gasteiger partial charge in [0.15, 0.2) is 0 Å². The molecule has 1 unspecified atom stereocenters. The third-order valence-corrected chi connectivity index (χ3v) is 2.67. The van der Waals surface area contributed by atoms with E-state index in [2.05, 4.69) is 25.5 Å². The zero-order chi connectivity index (χ0) is 8.53. The molecule has 0 spiro atoms. The molecule has 0 aliphatic carbocycles. The molecule has 0 radical (unpaired) electrons. The maximum atomic E-state index is 3.34. The van der Waals surface area contributed by atoms with E-state index in [0.717, 1.165) is 6.04 Å². The van der Waals surface area contributed by atoms with Gasteiger partial charge in [0.25, 0.3) is 0 Å². The second-order valence-electron chi connectivity index (χ2n) is 2.94. The number of rotatable bonds is 7. The van der Waals surface area contributed by atoms with Crippen LogP contribution in [0.4, 0.5) is 0 Å². The Hall–Kier alpha value is 0.310. The summed E-state index contributed by atoms with van der Waals surface area (Å²) in [6.07, 6.45) is 7.60. The summed E-state index contributed by atoms with van der Waals surface area (Å²) in [7, 11) is 2.06. The third-order valence-electron chi connectivity index (χ3n) is 1.93. The minimum absolute atomic E-state index is 0.733. The molecule has 68 valence electrons. The molecule has 0 aromatic rings. The van der Waals surface area contributed by atoms with Crippen LogP contribution in [0, 0.1) is 0 Å². The molecule has 1 atom stereocenters. The molecule has 1 nitrogen and oxygen atoms in total. The van der Waals surface area contributed by atoms with Gasteiger partial charge in [-0.15, -0.1) is 0 Å². The van der Waals surface area contributed by atoms with Crippen LogP contribution < -0.4 is 5.32 Å². The molecule has 0 amide bonds. The van der Waals surface area contributed by atoms with E-state index in [9.17, 15) is 0 Å². The summed E-state index contributed by atoms with van der Waals surface area (Å²) in [4.78, 5) is 0. The van der Waals surface area contributed by atoms with Crippen LogP contribution in [0.5, 0.6) is 0 Å². The van der Waals surface area contributed by atoms with Crippen LogP contribution in [0.3, 0.4) is 0 Å². The maximum Gasteiger partial charge on any atom is 0.0155 e. The second kappa shape index (κ2) is 8.41. The van der Waals surface area contributed by atoms with Crippen LogP contribution in [-0.4, -0.2) is 25.1 Å². The van der Waals surface area contributed by atoms with E-state index in [0.29, 0.717) is 0 Å². The van der Waals surface area contributed by atoms with Crippen LogP contribution in [0.2, 0.25) is 0 Å². The van der Waals surface area contributed by atoms with Crippen LogP contribution in [0.25, 0.3) is 0 Å². The second-order valence-corrected chi connectivity index (χ2v) is 3.85.